The maximum absolute atomic E-state index is 2.55. The molecular weight excluding hydrogens is 384 g/mol. The van der Waals surface area contributed by atoms with E-state index in [1.165, 1.54) is 70.6 Å². The summed E-state index contributed by atoms with van der Waals surface area (Å²) in [5, 5.41) is 0. The predicted molar refractivity (Wildman–Crippen MR) is 147 cm³/mol. The standard InChI is InChI=1S/C32H64/c1-23(2)15-12-16-24(3)17-13-18-25(4)19-14-21-32(10,11)22-20-31-29(8)27(6)26(5)28(7)30(31)9/h23-31H,12-22H2,1-11H3. The third-order valence-corrected chi connectivity index (χ3v) is 10.2. The number of hydrogen-bond acceptors (Lipinski definition) is 0. The summed E-state index contributed by atoms with van der Waals surface area (Å²) in [6.07, 6.45) is 15.8. The van der Waals surface area contributed by atoms with Crippen molar-refractivity contribution in [3.8, 4) is 0 Å². The lowest BCUT2D eigenvalue weighted by atomic mass is 9.57. The summed E-state index contributed by atoms with van der Waals surface area (Å²) >= 11 is 0. The van der Waals surface area contributed by atoms with Crippen LogP contribution in [-0.2, 0) is 0 Å². The summed E-state index contributed by atoms with van der Waals surface area (Å²) in [7, 11) is 0. The van der Waals surface area contributed by atoms with Crippen LogP contribution in [0.15, 0.2) is 0 Å². The topological polar surface area (TPSA) is 0 Å². The van der Waals surface area contributed by atoms with Gasteiger partial charge < -0.3 is 0 Å². The van der Waals surface area contributed by atoms with E-state index in [9.17, 15) is 0 Å². The van der Waals surface area contributed by atoms with E-state index >= 15 is 0 Å². The minimum absolute atomic E-state index is 0.514. The van der Waals surface area contributed by atoms with Crippen LogP contribution >= 0.6 is 0 Å². The van der Waals surface area contributed by atoms with Crippen LogP contribution in [0.25, 0.3) is 0 Å². The molecule has 0 heterocycles. The number of hydrogen-bond donors (Lipinski definition) is 0. The van der Waals surface area contributed by atoms with Crippen molar-refractivity contribution < 1.29 is 0 Å². The van der Waals surface area contributed by atoms with Crippen molar-refractivity contribution in [1.82, 2.24) is 0 Å². The zero-order valence-electron chi connectivity index (χ0n) is 24.5. The Morgan fingerprint density at radius 1 is 0.531 bits per heavy atom. The highest BCUT2D eigenvalue weighted by molar-refractivity contribution is 4.90. The maximum Gasteiger partial charge on any atom is -0.0354 e. The molecule has 192 valence electrons. The van der Waals surface area contributed by atoms with Crippen molar-refractivity contribution in [2.24, 2.45) is 58.7 Å². The molecule has 1 rings (SSSR count). The first-order chi connectivity index (χ1) is 14.9. The Labute approximate surface area is 205 Å². The normalized spacial score (nSPS) is 31.1. The first-order valence-corrected chi connectivity index (χ1v) is 14.9. The molecule has 6 unspecified atom stereocenters. The van der Waals surface area contributed by atoms with Gasteiger partial charge in [0.25, 0.3) is 0 Å². The lowest BCUT2D eigenvalue weighted by Crippen LogP contribution is -2.41. The molecule has 1 saturated carbocycles. The van der Waals surface area contributed by atoms with E-state index in [1.807, 2.05) is 0 Å². The molecular formula is C32H64. The van der Waals surface area contributed by atoms with Crippen LogP contribution < -0.4 is 0 Å². The highest BCUT2D eigenvalue weighted by Crippen LogP contribution is 2.48. The van der Waals surface area contributed by atoms with Crippen LogP contribution in [0.2, 0.25) is 0 Å². The average molecular weight is 449 g/mol. The summed E-state index contributed by atoms with van der Waals surface area (Å²) in [5.74, 6) is 8.07. The molecule has 0 aromatic rings. The van der Waals surface area contributed by atoms with E-state index in [2.05, 4.69) is 76.2 Å². The third-order valence-electron chi connectivity index (χ3n) is 10.2. The molecule has 1 aliphatic rings. The largest absolute Gasteiger partial charge is 0.0628 e. The van der Waals surface area contributed by atoms with Gasteiger partial charge in [0, 0.05) is 0 Å². The van der Waals surface area contributed by atoms with E-state index in [-0.39, 0.29) is 0 Å². The summed E-state index contributed by atoms with van der Waals surface area (Å²) in [6.45, 7) is 27.4. The second-order valence-electron chi connectivity index (χ2n) is 14.0. The van der Waals surface area contributed by atoms with Crippen LogP contribution in [0.3, 0.4) is 0 Å². The molecule has 0 spiro atoms. The first kappa shape index (κ1) is 30.0. The molecule has 0 bridgehead atoms. The molecule has 0 amide bonds. The van der Waals surface area contributed by atoms with Gasteiger partial charge in [-0.2, -0.15) is 0 Å². The molecule has 0 nitrogen and oxygen atoms in total. The predicted octanol–water partition coefficient (Wildman–Crippen LogP) is 11.0. The van der Waals surface area contributed by atoms with E-state index in [0.29, 0.717) is 5.41 Å². The van der Waals surface area contributed by atoms with Gasteiger partial charge in [-0.3, -0.25) is 0 Å². The lowest BCUT2D eigenvalue weighted by Gasteiger charge is -2.48. The summed E-state index contributed by atoms with van der Waals surface area (Å²) in [5.41, 5.74) is 0.514. The summed E-state index contributed by atoms with van der Waals surface area (Å²) in [6, 6.07) is 0. The lowest BCUT2D eigenvalue weighted by molar-refractivity contribution is 0.00975. The van der Waals surface area contributed by atoms with E-state index in [0.717, 1.165) is 53.3 Å². The van der Waals surface area contributed by atoms with Gasteiger partial charge in [-0.15, -0.1) is 0 Å². The van der Waals surface area contributed by atoms with Crippen molar-refractivity contribution in [2.45, 2.75) is 147 Å². The van der Waals surface area contributed by atoms with Crippen molar-refractivity contribution in [3.05, 3.63) is 0 Å². The molecule has 6 atom stereocenters. The maximum atomic E-state index is 2.55. The molecule has 0 aromatic heterocycles. The van der Waals surface area contributed by atoms with Gasteiger partial charge in [-0.1, -0.05) is 128 Å². The molecule has 1 aliphatic carbocycles. The molecule has 0 heteroatoms. The highest BCUT2D eigenvalue weighted by atomic mass is 14.5. The van der Waals surface area contributed by atoms with Gasteiger partial charge in [0.05, 0.1) is 0 Å². The van der Waals surface area contributed by atoms with Crippen molar-refractivity contribution >= 4 is 0 Å². The molecule has 0 aromatic carbocycles. The number of rotatable bonds is 15. The first-order valence-electron chi connectivity index (χ1n) is 14.9. The Hall–Kier alpha value is 0. The molecule has 0 radical (unpaired) electrons. The smallest absolute Gasteiger partial charge is 0.0354 e. The molecule has 1 fully saturated rings. The van der Waals surface area contributed by atoms with Gasteiger partial charge in [0.15, 0.2) is 0 Å². The second kappa shape index (κ2) is 14.4. The van der Waals surface area contributed by atoms with Gasteiger partial charge in [0.2, 0.25) is 0 Å². The Bertz CT molecular complexity index is 458. The van der Waals surface area contributed by atoms with Crippen LogP contribution in [0.4, 0.5) is 0 Å². The summed E-state index contributed by atoms with van der Waals surface area (Å²) < 4.78 is 0. The van der Waals surface area contributed by atoms with Crippen LogP contribution in [0.1, 0.15) is 147 Å². The monoisotopic (exact) mass is 449 g/mol. The van der Waals surface area contributed by atoms with Gasteiger partial charge >= 0.3 is 0 Å². The Kier molecular flexibility index (Phi) is 13.5. The van der Waals surface area contributed by atoms with Crippen LogP contribution in [-0.4, -0.2) is 0 Å². The minimum Gasteiger partial charge on any atom is -0.0628 e. The van der Waals surface area contributed by atoms with Crippen molar-refractivity contribution in [2.75, 3.05) is 0 Å². The SMILES string of the molecule is CC(C)CCCC(C)CCCC(C)CCCC(C)(C)CCC1C(C)C(C)C(C)C(C)C1C. The van der Waals surface area contributed by atoms with E-state index in [4.69, 9.17) is 0 Å². The fourth-order valence-corrected chi connectivity index (χ4v) is 6.81. The van der Waals surface area contributed by atoms with Crippen molar-refractivity contribution in [1.29, 1.82) is 0 Å². The second-order valence-corrected chi connectivity index (χ2v) is 14.0. The van der Waals surface area contributed by atoms with Gasteiger partial charge in [-0.05, 0) is 77.9 Å². The third kappa shape index (κ3) is 10.5. The fourth-order valence-electron chi connectivity index (χ4n) is 6.81. The van der Waals surface area contributed by atoms with E-state index < -0.39 is 0 Å². The van der Waals surface area contributed by atoms with Gasteiger partial charge in [0.1, 0.15) is 0 Å². The van der Waals surface area contributed by atoms with E-state index in [1.54, 1.807) is 0 Å². The minimum atomic E-state index is 0.514. The highest BCUT2D eigenvalue weighted by Gasteiger charge is 2.41. The molecule has 0 N–H and O–H groups in total. The quantitative estimate of drug-likeness (QED) is 0.233. The van der Waals surface area contributed by atoms with Crippen LogP contribution in [0, 0.1) is 58.7 Å². The molecule has 0 aliphatic heterocycles. The fraction of sp³-hybridized carbons (Fsp3) is 1.00. The Morgan fingerprint density at radius 2 is 0.938 bits per heavy atom. The Morgan fingerprint density at radius 3 is 1.41 bits per heavy atom. The molecule has 32 heavy (non-hydrogen) atoms. The van der Waals surface area contributed by atoms with Crippen molar-refractivity contribution in [3.63, 3.8) is 0 Å². The molecule has 0 saturated heterocycles. The Balaban J connectivity index is 2.26. The average Bonchev–Trinajstić information content (AvgIpc) is 2.70. The zero-order chi connectivity index (χ0) is 24.5. The van der Waals surface area contributed by atoms with Crippen LogP contribution in [0.5, 0.6) is 0 Å². The van der Waals surface area contributed by atoms with Gasteiger partial charge in [-0.25, -0.2) is 0 Å². The summed E-state index contributed by atoms with van der Waals surface area (Å²) in [4.78, 5) is 0. The zero-order valence-corrected chi connectivity index (χ0v) is 24.5.